The van der Waals surface area contributed by atoms with E-state index in [1.54, 1.807) is 0 Å². The molecule has 0 aromatic rings. The molecule has 17 heavy (non-hydrogen) atoms. The number of carbonyl (C=O) groups excluding carboxylic acids is 1. The van der Waals surface area contributed by atoms with E-state index in [9.17, 15) is 4.79 Å². The molecule has 1 atom stereocenters. The molecule has 0 aromatic carbocycles. The van der Waals surface area contributed by atoms with Gasteiger partial charge in [-0.05, 0) is 37.6 Å². The summed E-state index contributed by atoms with van der Waals surface area (Å²) < 4.78 is 0. The van der Waals surface area contributed by atoms with Crippen LogP contribution in [0.25, 0.3) is 0 Å². The second kappa shape index (κ2) is 5.85. The van der Waals surface area contributed by atoms with Crippen LogP contribution < -0.4 is 10.6 Å². The van der Waals surface area contributed by atoms with Gasteiger partial charge in [0.15, 0.2) is 0 Å². The van der Waals surface area contributed by atoms with Crippen molar-refractivity contribution in [2.45, 2.75) is 53.4 Å². The van der Waals surface area contributed by atoms with Crippen LogP contribution in [0.2, 0.25) is 0 Å². The summed E-state index contributed by atoms with van der Waals surface area (Å²) in [6, 6.07) is 0. The summed E-state index contributed by atoms with van der Waals surface area (Å²) in [7, 11) is 0. The minimum Gasteiger partial charge on any atom is -0.356 e. The van der Waals surface area contributed by atoms with Crippen molar-refractivity contribution in [2.75, 3.05) is 19.6 Å². The minimum atomic E-state index is -0.157. The highest BCUT2D eigenvalue weighted by Crippen LogP contribution is 2.30. The van der Waals surface area contributed by atoms with E-state index < -0.39 is 0 Å². The van der Waals surface area contributed by atoms with Gasteiger partial charge in [0.25, 0.3) is 0 Å². The second-order valence-corrected chi connectivity index (χ2v) is 6.48. The Kier molecular flexibility index (Phi) is 4.99. The zero-order valence-electron chi connectivity index (χ0n) is 11.9. The first-order valence-corrected chi connectivity index (χ1v) is 6.89. The Morgan fingerprint density at radius 2 is 2.12 bits per heavy atom. The molecule has 1 amide bonds. The van der Waals surface area contributed by atoms with Crippen LogP contribution in [-0.2, 0) is 4.79 Å². The summed E-state index contributed by atoms with van der Waals surface area (Å²) in [5.41, 5.74) is 0.133. The van der Waals surface area contributed by atoms with Crippen molar-refractivity contribution in [3.05, 3.63) is 0 Å². The molecule has 0 bridgehead atoms. The highest BCUT2D eigenvalue weighted by molar-refractivity contribution is 5.83. The van der Waals surface area contributed by atoms with Gasteiger partial charge in [-0.15, -0.1) is 0 Å². The third kappa shape index (κ3) is 4.30. The Labute approximate surface area is 106 Å². The monoisotopic (exact) mass is 240 g/mol. The van der Waals surface area contributed by atoms with Crippen LogP contribution in [0.4, 0.5) is 0 Å². The molecule has 0 aromatic heterocycles. The lowest BCUT2D eigenvalue weighted by Gasteiger charge is -2.35. The molecule has 0 radical (unpaired) electrons. The maximum absolute atomic E-state index is 12.3. The van der Waals surface area contributed by atoms with Crippen molar-refractivity contribution in [3.63, 3.8) is 0 Å². The molecule has 1 aliphatic rings. The number of hydrogen-bond donors (Lipinski definition) is 2. The quantitative estimate of drug-likeness (QED) is 0.792. The predicted octanol–water partition coefficient (Wildman–Crippen LogP) is 2.32. The van der Waals surface area contributed by atoms with Gasteiger partial charge in [0.05, 0.1) is 5.41 Å². The van der Waals surface area contributed by atoms with Gasteiger partial charge < -0.3 is 10.6 Å². The van der Waals surface area contributed by atoms with E-state index in [1.165, 1.54) is 0 Å². The summed E-state index contributed by atoms with van der Waals surface area (Å²) in [6.07, 6.45) is 4.10. The molecule has 0 saturated carbocycles. The Morgan fingerprint density at radius 1 is 1.41 bits per heavy atom. The van der Waals surface area contributed by atoms with Crippen LogP contribution >= 0.6 is 0 Å². The third-order valence-electron chi connectivity index (χ3n) is 3.79. The Bertz CT molecular complexity index is 249. The Balaban J connectivity index is 2.44. The van der Waals surface area contributed by atoms with Crippen molar-refractivity contribution in [2.24, 2.45) is 10.8 Å². The largest absolute Gasteiger partial charge is 0.356 e. The molecule has 1 aliphatic heterocycles. The molecule has 1 heterocycles. The number of rotatable bonds is 4. The van der Waals surface area contributed by atoms with Crippen molar-refractivity contribution in [1.82, 2.24) is 10.6 Å². The van der Waals surface area contributed by atoms with E-state index in [0.717, 1.165) is 45.3 Å². The second-order valence-electron chi connectivity index (χ2n) is 6.48. The first-order valence-electron chi connectivity index (χ1n) is 6.89. The first kappa shape index (κ1) is 14.5. The van der Waals surface area contributed by atoms with E-state index in [0.29, 0.717) is 0 Å². The fourth-order valence-electron chi connectivity index (χ4n) is 2.36. The fraction of sp³-hybridized carbons (Fsp3) is 0.929. The van der Waals surface area contributed by atoms with E-state index >= 15 is 0 Å². The average Bonchev–Trinajstić information content (AvgIpc) is 2.28. The Hall–Kier alpha value is -0.570. The lowest BCUT2D eigenvalue weighted by atomic mass is 9.77. The lowest BCUT2D eigenvalue weighted by molar-refractivity contribution is -0.132. The SMILES string of the molecule is CCC1(C(=O)NCCC(C)(C)C)CCCNC1. The summed E-state index contributed by atoms with van der Waals surface area (Å²) in [5.74, 6) is 0.247. The van der Waals surface area contributed by atoms with E-state index in [2.05, 4.69) is 38.3 Å². The number of nitrogens with one attached hydrogen (secondary N) is 2. The maximum Gasteiger partial charge on any atom is 0.227 e. The van der Waals surface area contributed by atoms with Gasteiger partial charge in [0, 0.05) is 13.1 Å². The molecule has 1 saturated heterocycles. The normalized spacial score (nSPS) is 25.6. The number of hydrogen-bond acceptors (Lipinski definition) is 2. The van der Waals surface area contributed by atoms with E-state index in [1.807, 2.05) is 0 Å². The first-order chi connectivity index (χ1) is 7.90. The maximum atomic E-state index is 12.3. The molecule has 3 heteroatoms. The highest BCUT2D eigenvalue weighted by Gasteiger charge is 2.37. The van der Waals surface area contributed by atoms with Gasteiger partial charge >= 0.3 is 0 Å². The zero-order valence-corrected chi connectivity index (χ0v) is 11.9. The molecule has 0 spiro atoms. The molecule has 2 N–H and O–H groups in total. The molecular formula is C14H28N2O. The summed E-state index contributed by atoms with van der Waals surface area (Å²) >= 11 is 0. The summed E-state index contributed by atoms with van der Waals surface area (Å²) in [6.45, 7) is 11.4. The van der Waals surface area contributed by atoms with Crippen LogP contribution in [0.15, 0.2) is 0 Å². The topological polar surface area (TPSA) is 41.1 Å². The summed E-state index contributed by atoms with van der Waals surface area (Å²) in [5, 5.41) is 6.48. The average molecular weight is 240 g/mol. The van der Waals surface area contributed by atoms with Gasteiger partial charge in [0.1, 0.15) is 0 Å². The standard InChI is InChI=1S/C14H28N2O/c1-5-14(7-6-9-15-11-14)12(17)16-10-8-13(2,3)4/h15H,5-11H2,1-4H3,(H,16,17). The number of carbonyl (C=O) groups is 1. The molecule has 1 rings (SSSR count). The molecular weight excluding hydrogens is 212 g/mol. The molecule has 100 valence electrons. The fourth-order valence-corrected chi connectivity index (χ4v) is 2.36. The van der Waals surface area contributed by atoms with Crippen molar-refractivity contribution < 1.29 is 4.79 Å². The zero-order chi connectivity index (χ0) is 12.9. The van der Waals surface area contributed by atoms with Crippen LogP contribution in [0.1, 0.15) is 53.4 Å². The summed E-state index contributed by atoms with van der Waals surface area (Å²) in [4.78, 5) is 12.3. The van der Waals surface area contributed by atoms with E-state index in [-0.39, 0.29) is 16.7 Å². The predicted molar refractivity (Wildman–Crippen MR) is 71.9 cm³/mol. The number of amides is 1. The van der Waals surface area contributed by atoms with Crippen molar-refractivity contribution in [1.29, 1.82) is 0 Å². The van der Waals surface area contributed by atoms with Crippen LogP contribution in [0.5, 0.6) is 0 Å². The Morgan fingerprint density at radius 3 is 2.59 bits per heavy atom. The van der Waals surface area contributed by atoms with Crippen LogP contribution in [0.3, 0.4) is 0 Å². The molecule has 0 aliphatic carbocycles. The van der Waals surface area contributed by atoms with Crippen molar-refractivity contribution >= 4 is 5.91 Å². The van der Waals surface area contributed by atoms with Gasteiger partial charge in [-0.1, -0.05) is 27.7 Å². The van der Waals surface area contributed by atoms with Crippen LogP contribution in [0, 0.1) is 10.8 Å². The van der Waals surface area contributed by atoms with Gasteiger partial charge in [-0.25, -0.2) is 0 Å². The van der Waals surface area contributed by atoms with Gasteiger partial charge in [-0.2, -0.15) is 0 Å². The van der Waals surface area contributed by atoms with Crippen LogP contribution in [-0.4, -0.2) is 25.5 Å². The van der Waals surface area contributed by atoms with E-state index in [4.69, 9.17) is 0 Å². The van der Waals surface area contributed by atoms with Gasteiger partial charge in [0.2, 0.25) is 5.91 Å². The molecule has 1 fully saturated rings. The third-order valence-corrected chi connectivity index (χ3v) is 3.79. The van der Waals surface area contributed by atoms with Gasteiger partial charge in [-0.3, -0.25) is 4.79 Å². The lowest BCUT2D eigenvalue weighted by Crippen LogP contribution is -2.50. The highest BCUT2D eigenvalue weighted by atomic mass is 16.2. The van der Waals surface area contributed by atoms with Crippen molar-refractivity contribution in [3.8, 4) is 0 Å². The minimum absolute atomic E-state index is 0.157. The molecule has 1 unspecified atom stereocenters. The number of piperidine rings is 1. The molecule has 3 nitrogen and oxygen atoms in total. The smallest absolute Gasteiger partial charge is 0.227 e.